The highest BCUT2D eigenvalue weighted by Crippen LogP contribution is 2.33. The summed E-state index contributed by atoms with van der Waals surface area (Å²) in [5.41, 5.74) is -0.231. The zero-order chi connectivity index (χ0) is 19.4. The van der Waals surface area contributed by atoms with E-state index < -0.39 is 11.3 Å². The van der Waals surface area contributed by atoms with E-state index in [4.69, 9.17) is 14.2 Å². The first-order chi connectivity index (χ1) is 12.1. The van der Waals surface area contributed by atoms with Gasteiger partial charge in [-0.3, -0.25) is 4.90 Å². The van der Waals surface area contributed by atoms with Crippen LogP contribution in [0, 0.1) is 0 Å². The maximum atomic E-state index is 12.8. The van der Waals surface area contributed by atoms with Crippen LogP contribution < -0.4 is 0 Å². The van der Waals surface area contributed by atoms with Crippen molar-refractivity contribution in [2.24, 2.45) is 0 Å². The average Bonchev–Trinajstić information content (AvgIpc) is 2.86. The van der Waals surface area contributed by atoms with Crippen LogP contribution in [0.2, 0.25) is 0 Å². The van der Waals surface area contributed by atoms with Gasteiger partial charge in [0.2, 0.25) is 0 Å². The maximum absolute atomic E-state index is 12.8. The van der Waals surface area contributed by atoms with Gasteiger partial charge in [-0.25, -0.2) is 4.79 Å². The highest BCUT2D eigenvalue weighted by Gasteiger charge is 2.48. The first kappa shape index (κ1) is 20.5. The second-order valence-electron chi connectivity index (χ2n) is 8.03. The molecule has 1 unspecified atom stereocenters. The molecular formula is C21H31NO4. The zero-order valence-corrected chi connectivity index (χ0v) is 16.5. The Hall–Kier alpha value is -1.85. The Balaban J connectivity index is 2.16. The molecule has 0 aliphatic carbocycles. The van der Waals surface area contributed by atoms with E-state index in [1.165, 1.54) is 0 Å². The summed E-state index contributed by atoms with van der Waals surface area (Å²) in [6.07, 6.45) is 1.83. The monoisotopic (exact) mass is 361 g/mol. The number of rotatable bonds is 6. The summed E-state index contributed by atoms with van der Waals surface area (Å²) in [6.45, 7) is 14.0. The normalized spacial score (nSPS) is 20.7. The standard InChI is InChI=1S/C21H31NO4/c1-7-11-18(24-14-16-12-9-8-10-13-16)17-15-25-21(5,6)22(17)19(23)26-20(2,3)4/h7-10,12-13,17-18H,1,11,14-15H2,2-6H3/t17?,18-/m1/s1. The molecule has 1 aromatic carbocycles. The van der Waals surface area contributed by atoms with Crippen molar-refractivity contribution in [1.29, 1.82) is 0 Å². The van der Waals surface area contributed by atoms with Gasteiger partial charge in [0.1, 0.15) is 11.3 Å². The second kappa shape index (κ2) is 8.23. The lowest BCUT2D eigenvalue weighted by molar-refractivity contribution is -0.0735. The fraction of sp³-hybridized carbons (Fsp3) is 0.571. The van der Waals surface area contributed by atoms with Crippen molar-refractivity contribution in [2.75, 3.05) is 6.61 Å². The minimum atomic E-state index is -0.747. The Morgan fingerprint density at radius 1 is 1.38 bits per heavy atom. The number of carbonyl (C=O) groups excluding carboxylic acids is 1. The fourth-order valence-corrected chi connectivity index (χ4v) is 3.05. The van der Waals surface area contributed by atoms with Gasteiger partial charge in [0.25, 0.3) is 0 Å². The van der Waals surface area contributed by atoms with Gasteiger partial charge in [-0.15, -0.1) is 6.58 Å². The SMILES string of the molecule is C=CC[C@@H](OCc1ccccc1)C1COC(C)(C)N1C(=O)OC(C)(C)C. The average molecular weight is 361 g/mol. The summed E-state index contributed by atoms with van der Waals surface area (Å²) < 4.78 is 17.7. The molecule has 1 saturated heterocycles. The van der Waals surface area contributed by atoms with Crippen molar-refractivity contribution in [1.82, 2.24) is 4.90 Å². The molecule has 0 aromatic heterocycles. The number of hydrogen-bond donors (Lipinski definition) is 0. The molecule has 1 amide bonds. The van der Waals surface area contributed by atoms with E-state index in [0.29, 0.717) is 19.6 Å². The topological polar surface area (TPSA) is 48.0 Å². The van der Waals surface area contributed by atoms with Crippen LogP contribution in [0.25, 0.3) is 0 Å². The van der Waals surface area contributed by atoms with Crippen molar-refractivity contribution in [3.05, 3.63) is 48.6 Å². The Kier molecular flexibility index (Phi) is 6.48. The number of benzene rings is 1. The Labute approximate surface area is 156 Å². The number of amides is 1. The predicted octanol–water partition coefficient (Wildman–Crippen LogP) is 4.52. The molecule has 26 heavy (non-hydrogen) atoms. The maximum Gasteiger partial charge on any atom is 0.412 e. The minimum absolute atomic E-state index is 0.220. The second-order valence-corrected chi connectivity index (χ2v) is 8.03. The van der Waals surface area contributed by atoms with E-state index in [-0.39, 0.29) is 18.2 Å². The molecule has 0 radical (unpaired) electrons. The molecule has 5 nitrogen and oxygen atoms in total. The van der Waals surface area contributed by atoms with Crippen molar-refractivity contribution < 1.29 is 19.0 Å². The molecule has 0 N–H and O–H groups in total. The van der Waals surface area contributed by atoms with E-state index in [1.807, 2.05) is 71.0 Å². The van der Waals surface area contributed by atoms with E-state index in [0.717, 1.165) is 5.56 Å². The zero-order valence-electron chi connectivity index (χ0n) is 16.5. The summed E-state index contributed by atoms with van der Waals surface area (Å²) in [6, 6.07) is 9.74. The molecule has 0 saturated carbocycles. The summed E-state index contributed by atoms with van der Waals surface area (Å²) in [7, 11) is 0. The molecule has 1 heterocycles. The van der Waals surface area contributed by atoms with Gasteiger partial charge in [-0.05, 0) is 46.6 Å². The largest absolute Gasteiger partial charge is 0.444 e. The summed E-state index contributed by atoms with van der Waals surface area (Å²) in [5.74, 6) is 0. The molecule has 1 aromatic rings. The molecule has 144 valence electrons. The van der Waals surface area contributed by atoms with Crippen LogP contribution in [0.4, 0.5) is 4.79 Å². The Morgan fingerprint density at radius 2 is 2.04 bits per heavy atom. The van der Waals surface area contributed by atoms with Gasteiger partial charge in [0.05, 0.1) is 25.4 Å². The molecule has 1 fully saturated rings. The van der Waals surface area contributed by atoms with Crippen molar-refractivity contribution in [3.8, 4) is 0 Å². The van der Waals surface area contributed by atoms with Crippen LogP contribution in [0.3, 0.4) is 0 Å². The molecule has 1 aliphatic rings. The summed E-state index contributed by atoms with van der Waals surface area (Å²) in [4.78, 5) is 14.5. The molecule has 0 spiro atoms. The highest BCUT2D eigenvalue weighted by molar-refractivity contribution is 5.70. The molecule has 2 atom stereocenters. The third-order valence-corrected chi connectivity index (χ3v) is 4.24. The Bertz CT molecular complexity index is 606. The lowest BCUT2D eigenvalue weighted by Gasteiger charge is -2.37. The quantitative estimate of drug-likeness (QED) is 0.699. The minimum Gasteiger partial charge on any atom is -0.444 e. The molecule has 0 bridgehead atoms. The van der Waals surface area contributed by atoms with Crippen LogP contribution in [0.1, 0.15) is 46.6 Å². The van der Waals surface area contributed by atoms with Gasteiger partial charge >= 0.3 is 6.09 Å². The van der Waals surface area contributed by atoms with Crippen LogP contribution >= 0.6 is 0 Å². The first-order valence-electron chi connectivity index (χ1n) is 9.07. The van der Waals surface area contributed by atoms with Gasteiger partial charge in [0, 0.05) is 0 Å². The molecule has 2 rings (SSSR count). The number of ether oxygens (including phenoxy) is 3. The first-order valence-corrected chi connectivity index (χ1v) is 9.07. The lowest BCUT2D eigenvalue weighted by atomic mass is 10.1. The molecule has 5 heteroatoms. The highest BCUT2D eigenvalue weighted by atomic mass is 16.6. The van der Waals surface area contributed by atoms with E-state index in [9.17, 15) is 4.79 Å². The summed E-state index contributed by atoms with van der Waals surface area (Å²) >= 11 is 0. The number of nitrogens with zero attached hydrogens (tertiary/aromatic N) is 1. The molecular weight excluding hydrogens is 330 g/mol. The third-order valence-electron chi connectivity index (χ3n) is 4.24. The van der Waals surface area contributed by atoms with E-state index in [2.05, 4.69) is 6.58 Å². The van der Waals surface area contributed by atoms with E-state index in [1.54, 1.807) is 4.90 Å². The lowest BCUT2D eigenvalue weighted by Crippen LogP contribution is -2.53. The van der Waals surface area contributed by atoms with E-state index >= 15 is 0 Å². The fourth-order valence-electron chi connectivity index (χ4n) is 3.05. The van der Waals surface area contributed by atoms with Crippen LogP contribution in [0.15, 0.2) is 43.0 Å². The van der Waals surface area contributed by atoms with Crippen molar-refractivity contribution >= 4 is 6.09 Å². The summed E-state index contributed by atoms with van der Waals surface area (Å²) in [5, 5.41) is 0. The van der Waals surface area contributed by atoms with Gasteiger partial charge in [-0.2, -0.15) is 0 Å². The van der Waals surface area contributed by atoms with Crippen LogP contribution in [-0.2, 0) is 20.8 Å². The van der Waals surface area contributed by atoms with Gasteiger partial charge < -0.3 is 14.2 Å². The Morgan fingerprint density at radius 3 is 2.62 bits per heavy atom. The number of carbonyl (C=O) groups is 1. The van der Waals surface area contributed by atoms with Gasteiger partial charge in [-0.1, -0.05) is 36.4 Å². The van der Waals surface area contributed by atoms with Crippen LogP contribution in [0.5, 0.6) is 0 Å². The smallest absolute Gasteiger partial charge is 0.412 e. The van der Waals surface area contributed by atoms with Gasteiger partial charge in [0.15, 0.2) is 0 Å². The van der Waals surface area contributed by atoms with Crippen molar-refractivity contribution in [2.45, 2.75) is 71.1 Å². The third kappa shape index (κ3) is 5.32. The van der Waals surface area contributed by atoms with Crippen molar-refractivity contribution in [3.63, 3.8) is 0 Å². The van der Waals surface area contributed by atoms with Crippen LogP contribution in [-0.4, -0.2) is 41.1 Å². The molecule has 1 aliphatic heterocycles. The number of hydrogen-bond acceptors (Lipinski definition) is 4. The predicted molar refractivity (Wildman–Crippen MR) is 102 cm³/mol.